The van der Waals surface area contributed by atoms with E-state index in [1.54, 1.807) is 30.3 Å². The summed E-state index contributed by atoms with van der Waals surface area (Å²) >= 11 is 1.17. The van der Waals surface area contributed by atoms with Crippen LogP contribution in [0.15, 0.2) is 81.7 Å². The predicted octanol–water partition coefficient (Wildman–Crippen LogP) is 7.25. The van der Waals surface area contributed by atoms with E-state index in [-0.39, 0.29) is 44.5 Å². The van der Waals surface area contributed by atoms with Crippen molar-refractivity contribution in [2.45, 2.75) is 30.6 Å². The van der Waals surface area contributed by atoms with Gasteiger partial charge in [0.05, 0.1) is 29.3 Å². The van der Waals surface area contributed by atoms with Crippen LogP contribution in [-0.4, -0.2) is 28.3 Å². The molecule has 5 rings (SSSR count). The van der Waals surface area contributed by atoms with Gasteiger partial charge < -0.3 is 9.94 Å². The number of hydrogen-bond acceptors (Lipinski definition) is 5. The number of alkyl halides is 3. The van der Waals surface area contributed by atoms with Crippen molar-refractivity contribution in [1.29, 1.82) is 0 Å². The van der Waals surface area contributed by atoms with E-state index >= 15 is 4.39 Å². The number of aromatic nitrogens is 1. The zero-order valence-electron chi connectivity index (χ0n) is 21.8. The van der Waals surface area contributed by atoms with Gasteiger partial charge in [-0.15, -0.1) is 11.8 Å². The molecule has 0 bridgehead atoms. The molecular weight excluding hydrogens is 563 g/mol. The zero-order chi connectivity index (χ0) is 29.5. The minimum Gasteiger partial charge on any atom is -0.494 e. The van der Waals surface area contributed by atoms with E-state index in [1.807, 2.05) is 0 Å². The molecule has 0 radical (unpaired) electrons. The van der Waals surface area contributed by atoms with Crippen molar-refractivity contribution in [1.82, 2.24) is 4.57 Å². The standard InChI is InChI=1S/C30H23F5N2O3S/c1-16-19(14-20-21(30(33,34)35)11-7-12-22(20)31)29-37(23(15-41-29)27(36-39)17-8-4-3-5-9-17)28(38)25(16)18-10-6-13-24(40-2)26(18)32/h3-13,23,39H,14-15H2,1-2H3/b36-27+. The minimum absolute atomic E-state index is 0.108. The van der Waals surface area contributed by atoms with E-state index < -0.39 is 47.0 Å². The lowest BCUT2D eigenvalue weighted by Crippen LogP contribution is -2.32. The molecule has 5 nitrogen and oxygen atoms in total. The summed E-state index contributed by atoms with van der Waals surface area (Å²) < 4.78 is 78.7. The molecule has 1 N–H and O–H groups in total. The van der Waals surface area contributed by atoms with Gasteiger partial charge in [0.25, 0.3) is 5.56 Å². The fourth-order valence-corrected chi connectivity index (χ4v) is 6.57. The Morgan fingerprint density at radius 1 is 1.05 bits per heavy atom. The molecule has 4 aromatic rings. The van der Waals surface area contributed by atoms with Gasteiger partial charge >= 0.3 is 6.18 Å². The Hall–Kier alpha value is -4.12. The molecule has 0 amide bonds. The van der Waals surface area contributed by atoms with Crippen molar-refractivity contribution in [2.75, 3.05) is 12.9 Å². The molecule has 1 aliphatic rings. The van der Waals surface area contributed by atoms with Crippen LogP contribution in [-0.2, 0) is 12.6 Å². The van der Waals surface area contributed by atoms with Crippen LogP contribution in [0, 0.1) is 18.6 Å². The molecule has 1 aliphatic heterocycles. The number of halogens is 5. The quantitative estimate of drug-likeness (QED) is 0.112. The summed E-state index contributed by atoms with van der Waals surface area (Å²) in [6.07, 6.45) is -5.35. The van der Waals surface area contributed by atoms with Gasteiger partial charge in [-0.3, -0.25) is 9.36 Å². The first-order valence-electron chi connectivity index (χ1n) is 12.4. The molecule has 1 unspecified atom stereocenters. The molecule has 2 heterocycles. The number of pyridine rings is 1. The number of thioether (sulfide) groups is 1. The highest BCUT2D eigenvalue weighted by Gasteiger charge is 2.38. The van der Waals surface area contributed by atoms with Gasteiger partial charge in [0.2, 0.25) is 0 Å². The highest BCUT2D eigenvalue weighted by atomic mass is 32.2. The van der Waals surface area contributed by atoms with Gasteiger partial charge in [0.1, 0.15) is 11.5 Å². The number of benzene rings is 3. The molecule has 0 spiro atoms. The number of rotatable bonds is 6. The van der Waals surface area contributed by atoms with Gasteiger partial charge in [-0.05, 0) is 36.2 Å². The lowest BCUT2D eigenvalue weighted by atomic mass is 9.92. The van der Waals surface area contributed by atoms with E-state index in [4.69, 9.17) is 4.74 Å². The molecule has 41 heavy (non-hydrogen) atoms. The molecule has 3 aromatic carbocycles. The highest BCUT2D eigenvalue weighted by Crippen LogP contribution is 2.43. The number of nitrogens with zero attached hydrogens (tertiary/aromatic N) is 2. The Bertz CT molecular complexity index is 1720. The number of methoxy groups -OCH3 is 1. The van der Waals surface area contributed by atoms with Crippen LogP contribution in [0.1, 0.15) is 33.9 Å². The zero-order valence-corrected chi connectivity index (χ0v) is 22.6. The van der Waals surface area contributed by atoms with Crippen molar-refractivity contribution >= 4 is 17.5 Å². The Morgan fingerprint density at radius 3 is 2.41 bits per heavy atom. The average Bonchev–Trinajstić information content (AvgIpc) is 3.38. The second kappa shape index (κ2) is 11.0. The monoisotopic (exact) mass is 586 g/mol. The van der Waals surface area contributed by atoms with Crippen molar-refractivity contribution in [3.63, 3.8) is 0 Å². The van der Waals surface area contributed by atoms with Gasteiger partial charge in [-0.1, -0.05) is 53.7 Å². The van der Waals surface area contributed by atoms with Crippen molar-refractivity contribution in [3.05, 3.63) is 117 Å². The third kappa shape index (κ3) is 4.99. The van der Waals surface area contributed by atoms with Crippen molar-refractivity contribution < 1.29 is 31.9 Å². The fourth-order valence-electron chi connectivity index (χ4n) is 5.20. The Morgan fingerprint density at radius 2 is 1.76 bits per heavy atom. The molecule has 1 aromatic heterocycles. The second-order valence-electron chi connectivity index (χ2n) is 9.40. The molecule has 0 aliphatic carbocycles. The topological polar surface area (TPSA) is 63.8 Å². The third-order valence-corrected chi connectivity index (χ3v) is 8.35. The van der Waals surface area contributed by atoms with Crippen LogP contribution in [0.25, 0.3) is 11.1 Å². The molecular formula is C30H23F5N2O3S. The SMILES string of the molecule is COc1cccc(-c2c(C)c(Cc3c(F)cccc3C(F)(F)F)c3n(c2=O)C(/C(=N/O)c2ccccc2)CS3)c1F. The second-order valence-corrected chi connectivity index (χ2v) is 10.4. The van der Waals surface area contributed by atoms with E-state index in [1.165, 1.54) is 48.6 Å². The lowest BCUT2D eigenvalue weighted by molar-refractivity contribution is -0.138. The normalized spacial score (nSPS) is 15.2. The molecule has 0 saturated heterocycles. The molecule has 0 saturated carbocycles. The van der Waals surface area contributed by atoms with E-state index in [2.05, 4.69) is 5.16 Å². The van der Waals surface area contributed by atoms with Gasteiger partial charge in [0, 0.05) is 28.9 Å². The molecule has 1 atom stereocenters. The summed E-state index contributed by atoms with van der Waals surface area (Å²) in [4.78, 5) is 14.1. The number of fused-ring (bicyclic) bond motifs is 1. The Labute approximate surface area is 235 Å². The number of oxime groups is 1. The largest absolute Gasteiger partial charge is 0.494 e. The van der Waals surface area contributed by atoms with Gasteiger partial charge in [-0.2, -0.15) is 13.2 Å². The fraction of sp³-hybridized carbons (Fsp3) is 0.200. The maximum absolute atomic E-state index is 15.5. The first-order valence-corrected chi connectivity index (χ1v) is 13.4. The van der Waals surface area contributed by atoms with Crippen molar-refractivity contribution in [2.24, 2.45) is 5.16 Å². The minimum atomic E-state index is -4.83. The van der Waals surface area contributed by atoms with Crippen molar-refractivity contribution in [3.8, 4) is 16.9 Å². The smallest absolute Gasteiger partial charge is 0.416 e. The lowest BCUT2D eigenvalue weighted by Gasteiger charge is -2.22. The summed E-state index contributed by atoms with van der Waals surface area (Å²) in [5.74, 6) is -1.82. The van der Waals surface area contributed by atoms with Gasteiger partial charge in [-0.25, -0.2) is 8.78 Å². The Kier molecular flexibility index (Phi) is 7.65. The first-order chi connectivity index (χ1) is 19.6. The maximum Gasteiger partial charge on any atom is 0.416 e. The third-order valence-electron chi connectivity index (χ3n) is 7.15. The maximum atomic E-state index is 15.5. The molecule has 0 fully saturated rings. The summed E-state index contributed by atoms with van der Waals surface area (Å²) in [6, 6.07) is 14.7. The summed E-state index contributed by atoms with van der Waals surface area (Å²) in [5, 5.41) is 13.7. The van der Waals surface area contributed by atoms with E-state index in [9.17, 15) is 27.6 Å². The van der Waals surface area contributed by atoms with Crippen LogP contribution in [0.2, 0.25) is 0 Å². The average molecular weight is 587 g/mol. The van der Waals surface area contributed by atoms with Crippen LogP contribution in [0.4, 0.5) is 22.0 Å². The van der Waals surface area contributed by atoms with E-state index in [0.717, 1.165) is 18.2 Å². The molecule has 212 valence electrons. The van der Waals surface area contributed by atoms with Crippen LogP contribution in [0.3, 0.4) is 0 Å². The number of hydrogen-bond donors (Lipinski definition) is 1. The van der Waals surface area contributed by atoms with Crippen LogP contribution in [0.5, 0.6) is 5.75 Å². The van der Waals surface area contributed by atoms with Crippen LogP contribution >= 0.6 is 11.8 Å². The highest BCUT2D eigenvalue weighted by molar-refractivity contribution is 7.99. The number of ether oxygens (including phenoxy) is 1. The molecule has 11 heteroatoms. The summed E-state index contributed by atoms with van der Waals surface area (Å²) in [6.45, 7) is 1.51. The summed E-state index contributed by atoms with van der Waals surface area (Å²) in [7, 11) is 1.27. The van der Waals surface area contributed by atoms with Crippen LogP contribution < -0.4 is 10.3 Å². The Balaban J connectivity index is 1.82. The van der Waals surface area contributed by atoms with Gasteiger partial charge in [0.15, 0.2) is 11.6 Å². The predicted molar refractivity (Wildman–Crippen MR) is 146 cm³/mol. The van der Waals surface area contributed by atoms with E-state index in [0.29, 0.717) is 5.56 Å². The summed E-state index contributed by atoms with van der Waals surface area (Å²) in [5.41, 5.74) is -1.49. The first kappa shape index (κ1) is 28.4.